The third-order valence-corrected chi connectivity index (χ3v) is 8.12. The highest BCUT2D eigenvalue weighted by atomic mass is 32.1. The Morgan fingerprint density at radius 1 is 1.11 bits per heavy atom. The third kappa shape index (κ3) is 5.61. The minimum absolute atomic E-state index is 0.0121. The molecule has 3 heterocycles. The fourth-order valence-electron chi connectivity index (χ4n) is 5.24. The van der Waals surface area contributed by atoms with Gasteiger partial charge >= 0.3 is 0 Å². The second kappa shape index (κ2) is 10.8. The molecule has 1 aliphatic carbocycles. The molecule has 1 unspecified atom stereocenters. The van der Waals surface area contributed by atoms with E-state index in [0.29, 0.717) is 44.0 Å². The minimum Gasteiger partial charge on any atom is -0.362 e. The van der Waals surface area contributed by atoms with E-state index < -0.39 is 0 Å². The zero-order valence-corrected chi connectivity index (χ0v) is 21.8. The molecular weight excluding hydrogens is 472 g/mol. The van der Waals surface area contributed by atoms with E-state index in [1.807, 2.05) is 59.6 Å². The number of benzene rings is 1. The molecule has 2 amide bonds. The van der Waals surface area contributed by atoms with Gasteiger partial charge in [0.05, 0.1) is 18.0 Å². The Kier molecular flexibility index (Phi) is 7.36. The van der Waals surface area contributed by atoms with Crippen LogP contribution in [0.15, 0.2) is 41.8 Å². The summed E-state index contributed by atoms with van der Waals surface area (Å²) in [5, 5.41) is 9.74. The summed E-state index contributed by atoms with van der Waals surface area (Å²) in [5.41, 5.74) is 0.939. The SMILES string of the molecule is CN(C)c1nc(NC2CCC(CNC(=O)C3CC(=O)N(Cc4cccs4)C3)CC2)nc2ccccc12. The van der Waals surface area contributed by atoms with Crippen molar-refractivity contribution >= 4 is 45.8 Å². The molecule has 1 aromatic carbocycles. The van der Waals surface area contributed by atoms with Gasteiger partial charge in [0.25, 0.3) is 0 Å². The number of hydrogen-bond donors (Lipinski definition) is 2. The zero-order chi connectivity index (χ0) is 25.1. The lowest BCUT2D eigenvalue weighted by molar-refractivity contribution is -0.129. The molecule has 2 N–H and O–H groups in total. The van der Waals surface area contributed by atoms with Crippen LogP contribution in [0.4, 0.5) is 11.8 Å². The quantitative estimate of drug-likeness (QED) is 0.482. The number of nitrogens with zero attached hydrogens (tertiary/aromatic N) is 4. The van der Waals surface area contributed by atoms with Gasteiger partial charge in [0.2, 0.25) is 17.8 Å². The van der Waals surface area contributed by atoms with Gasteiger partial charge in [0.1, 0.15) is 5.82 Å². The van der Waals surface area contributed by atoms with Crippen LogP contribution in [-0.2, 0) is 16.1 Å². The third-order valence-electron chi connectivity index (χ3n) is 7.26. The number of thiophene rings is 1. The topological polar surface area (TPSA) is 90.5 Å². The van der Waals surface area contributed by atoms with Crippen molar-refractivity contribution in [3.8, 4) is 0 Å². The van der Waals surface area contributed by atoms with Crippen molar-refractivity contribution in [3.05, 3.63) is 46.7 Å². The van der Waals surface area contributed by atoms with Crippen LogP contribution in [0.1, 0.15) is 37.0 Å². The fourth-order valence-corrected chi connectivity index (χ4v) is 5.96. The molecule has 1 atom stereocenters. The molecule has 0 bridgehead atoms. The van der Waals surface area contributed by atoms with Crippen molar-refractivity contribution in [2.75, 3.05) is 37.4 Å². The van der Waals surface area contributed by atoms with Crippen LogP contribution in [0.5, 0.6) is 0 Å². The standard InChI is InChI=1S/C27H34N6O2S/c1-32(2)25-22-7-3-4-8-23(22)30-27(31-25)29-20-11-9-18(10-12-20)15-28-26(35)19-14-24(34)33(16-19)17-21-6-5-13-36-21/h3-8,13,18-20H,9-12,14-17H2,1-2H3,(H,28,35)(H,29,30,31). The summed E-state index contributed by atoms with van der Waals surface area (Å²) in [5.74, 6) is 1.89. The van der Waals surface area contributed by atoms with Gasteiger partial charge < -0.3 is 20.4 Å². The lowest BCUT2D eigenvalue weighted by atomic mass is 9.86. The molecule has 0 spiro atoms. The predicted molar refractivity (Wildman–Crippen MR) is 144 cm³/mol. The number of carbonyl (C=O) groups excluding carboxylic acids is 2. The molecular formula is C27H34N6O2S. The van der Waals surface area contributed by atoms with Crippen LogP contribution in [0.25, 0.3) is 10.9 Å². The van der Waals surface area contributed by atoms with Crippen molar-refractivity contribution in [2.24, 2.45) is 11.8 Å². The van der Waals surface area contributed by atoms with Gasteiger partial charge in [-0.3, -0.25) is 9.59 Å². The molecule has 5 rings (SSSR count). The van der Waals surface area contributed by atoms with Crippen LogP contribution in [0.2, 0.25) is 0 Å². The maximum atomic E-state index is 12.8. The van der Waals surface area contributed by atoms with E-state index in [1.165, 1.54) is 0 Å². The Morgan fingerprint density at radius 2 is 1.92 bits per heavy atom. The van der Waals surface area contributed by atoms with Gasteiger partial charge in [0.15, 0.2) is 0 Å². The van der Waals surface area contributed by atoms with Crippen molar-refractivity contribution in [1.82, 2.24) is 20.2 Å². The molecule has 8 nitrogen and oxygen atoms in total. The summed E-state index contributed by atoms with van der Waals surface area (Å²) in [4.78, 5) is 39.6. The van der Waals surface area contributed by atoms with Gasteiger partial charge in [-0.2, -0.15) is 4.98 Å². The van der Waals surface area contributed by atoms with Crippen molar-refractivity contribution < 1.29 is 9.59 Å². The van der Waals surface area contributed by atoms with Gasteiger partial charge in [-0.1, -0.05) is 18.2 Å². The molecule has 1 saturated carbocycles. The number of nitrogens with one attached hydrogen (secondary N) is 2. The Morgan fingerprint density at radius 3 is 2.67 bits per heavy atom. The van der Waals surface area contributed by atoms with Gasteiger partial charge in [-0.15, -0.1) is 11.3 Å². The van der Waals surface area contributed by atoms with E-state index in [-0.39, 0.29) is 17.7 Å². The Hall–Kier alpha value is -3.20. The predicted octanol–water partition coefficient (Wildman–Crippen LogP) is 3.89. The van der Waals surface area contributed by atoms with Crippen LogP contribution in [0.3, 0.4) is 0 Å². The summed E-state index contributed by atoms with van der Waals surface area (Å²) in [6.07, 6.45) is 4.43. The number of aromatic nitrogens is 2. The van der Waals surface area contributed by atoms with Crippen LogP contribution in [-0.4, -0.2) is 59.9 Å². The molecule has 2 fully saturated rings. The summed E-state index contributed by atoms with van der Waals surface area (Å²) in [7, 11) is 4.00. The lowest BCUT2D eigenvalue weighted by Crippen LogP contribution is -2.37. The number of hydrogen-bond acceptors (Lipinski definition) is 7. The number of anilines is 2. The molecule has 2 aliphatic rings. The number of carbonyl (C=O) groups is 2. The van der Waals surface area contributed by atoms with Crippen LogP contribution in [0, 0.1) is 11.8 Å². The maximum absolute atomic E-state index is 12.8. The molecule has 3 aromatic rings. The highest BCUT2D eigenvalue weighted by Crippen LogP contribution is 2.29. The highest BCUT2D eigenvalue weighted by molar-refractivity contribution is 7.09. The van der Waals surface area contributed by atoms with E-state index in [4.69, 9.17) is 9.97 Å². The molecule has 36 heavy (non-hydrogen) atoms. The number of rotatable bonds is 8. The average molecular weight is 507 g/mol. The molecule has 190 valence electrons. The molecule has 1 saturated heterocycles. The summed E-state index contributed by atoms with van der Waals surface area (Å²) >= 11 is 1.64. The summed E-state index contributed by atoms with van der Waals surface area (Å²) in [6, 6.07) is 12.4. The van der Waals surface area contributed by atoms with E-state index in [0.717, 1.165) is 47.3 Å². The fraction of sp³-hybridized carbons (Fsp3) is 0.481. The van der Waals surface area contributed by atoms with E-state index in [1.54, 1.807) is 11.3 Å². The Balaban J connectivity index is 1.08. The van der Waals surface area contributed by atoms with Gasteiger partial charge in [0, 0.05) is 49.9 Å². The smallest absolute Gasteiger partial charge is 0.225 e. The molecule has 9 heteroatoms. The largest absolute Gasteiger partial charge is 0.362 e. The molecule has 2 aromatic heterocycles. The first-order chi connectivity index (χ1) is 17.5. The van der Waals surface area contributed by atoms with E-state index in [2.05, 4.69) is 16.7 Å². The number of fused-ring (bicyclic) bond motifs is 1. The lowest BCUT2D eigenvalue weighted by Gasteiger charge is -2.29. The van der Waals surface area contributed by atoms with E-state index >= 15 is 0 Å². The first kappa shape index (κ1) is 24.5. The molecule has 1 aliphatic heterocycles. The first-order valence-corrected chi connectivity index (χ1v) is 13.6. The number of para-hydroxylation sites is 1. The number of likely N-dealkylation sites (tertiary alicyclic amines) is 1. The van der Waals surface area contributed by atoms with Gasteiger partial charge in [-0.05, 0) is 55.2 Å². The average Bonchev–Trinajstić information content (AvgIpc) is 3.53. The van der Waals surface area contributed by atoms with Crippen LogP contribution < -0.4 is 15.5 Å². The zero-order valence-electron chi connectivity index (χ0n) is 20.9. The summed E-state index contributed by atoms with van der Waals surface area (Å²) in [6.45, 7) is 1.80. The molecule has 0 radical (unpaired) electrons. The van der Waals surface area contributed by atoms with Crippen molar-refractivity contribution in [3.63, 3.8) is 0 Å². The van der Waals surface area contributed by atoms with Crippen molar-refractivity contribution in [2.45, 2.75) is 44.7 Å². The Labute approximate surface area is 216 Å². The first-order valence-electron chi connectivity index (χ1n) is 12.7. The highest BCUT2D eigenvalue weighted by Gasteiger charge is 2.34. The normalized spacial score (nSPS) is 22.1. The summed E-state index contributed by atoms with van der Waals surface area (Å²) < 4.78 is 0. The second-order valence-corrected chi connectivity index (χ2v) is 11.2. The monoisotopic (exact) mass is 506 g/mol. The van der Waals surface area contributed by atoms with Crippen molar-refractivity contribution in [1.29, 1.82) is 0 Å². The number of amides is 2. The van der Waals surface area contributed by atoms with Crippen LogP contribution >= 0.6 is 11.3 Å². The van der Waals surface area contributed by atoms with E-state index in [9.17, 15) is 9.59 Å². The Bertz CT molecular complexity index is 1210. The second-order valence-electron chi connectivity index (χ2n) is 10.1. The van der Waals surface area contributed by atoms with Gasteiger partial charge in [-0.25, -0.2) is 4.98 Å². The minimum atomic E-state index is -0.244. The maximum Gasteiger partial charge on any atom is 0.225 e.